The molecule has 0 atom stereocenters. The molecular weight excluding hydrogens is 228 g/mol. The molecule has 1 aromatic rings. The fourth-order valence-corrected chi connectivity index (χ4v) is 1.69. The standard InChI is InChI=1S/C9H14N4O2S/c1-5-6(15-4)11-8(10)12-7(5)16-9(14)13(2)3/h1-4H3,(H2,10,11,12). The Morgan fingerprint density at radius 3 is 2.56 bits per heavy atom. The average molecular weight is 242 g/mol. The highest BCUT2D eigenvalue weighted by Gasteiger charge is 2.15. The van der Waals surface area contributed by atoms with Gasteiger partial charge in [0.25, 0.3) is 5.24 Å². The van der Waals surface area contributed by atoms with Crippen LogP contribution in [-0.4, -0.2) is 41.3 Å². The van der Waals surface area contributed by atoms with Crippen molar-refractivity contribution in [2.24, 2.45) is 0 Å². The summed E-state index contributed by atoms with van der Waals surface area (Å²) in [6.07, 6.45) is 0. The molecule has 0 saturated heterocycles. The topological polar surface area (TPSA) is 81.3 Å². The van der Waals surface area contributed by atoms with E-state index >= 15 is 0 Å². The van der Waals surface area contributed by atoms with Gasteiger partial charge in [-0.05, 0) is 18.7 Å². The number of aromatic nitrogens is 2. The largest absolute Gasteiger partial charge is 0.481 e. The second-order valence-electron chi connectivity index (χ2n) is 3.28. The van der Waals surface area contributed by atoms with Crippen LogP contribution in [0.4, 0.5) is 10.7 Å². The van der Waals surface area contributed by atoms with Crippen molar-refractivity contribution in [1.29, 1.82) is 0 Å². The maximum Gasteiger partial charge on any atom is 0.287 e. The molecule has 0 radical (unpaired) electrons. The lowest BCUT2D eigenvalue weighted by Crippen LogP contribution is -2.16. The molecule has 0 bridgehead atoms. The van der Waals surface area contributed by atoms with Gasteiger partial charge in [0.05, 0.1) is 7.11 Å². The second kappa shape index (κ2) is 5.02. The van der Waals surface area contributed by atoms with Crippen molar-refractivity contribution in [2.75, 3.05) is 26.9 Å². The van der Waals surface area contributed by atoms with E-state index in [1.165, 1.54) is 12.0 Å². The normalized spacial score (nSPS) is 10.0. The van der Waals surface area contributed by atoms with E-state index in [0.29, 0.717) is 16.5 Å². The molecule has 0 saturated carbocycles. The Kier molecular flexibility index (Phi) is 3.94. The molecule has 6 nitrogen and oxygen atoms in total. The Bertz CT molecular complexity index is 409. The monoisotopic (exact) mass is 242 g/mol. The van der Waals surface area contributed by atoms with Crippen molar-refractivity contribution in [3.8, 4) is 5.88 Å². The second-order valence-corrected chi connectivity index (χ2v) is 4.22. The summed E-state index contributed by atoms with van der Waals surface area (Å²) in [6, 6.07) is 0. The number of carbonyl (C=O) groups is 1. The summed E-state index contributed by atoms with van der Waals surface area (Å²) in [5, 5.41) is 0.395. The van der Waals surface area contributed by atoms with Crippen molar-refractivity contribution < 1.29 is 9.53 Å². The molecule has 1 rings (SSSR count). The van der Waals surface area contributed by atoms with E-state index in [1.54, 1.807) is 21.0 Å². The Morgan fingerprint density at radius 1 is 1.44 bits per heavy atom. The molecule has 88 valence electrons. The number of thioether (sulfide) groups is 1. The molecule has 1 heterocycles. The van der Waals surface area contributed by atoms with E-state index in [0.717, 1.165) is 11.8 Å². The lowest BCUT2D eigenvalue weighted by Gasteiger charge is -2.11. The fraction of sp³-hybridized carbons (Fsp3) is 0.444. The van der Waals surface area contributed by atoms with Crippen LogP contribution in [0.5, 0.6) is 5.88 Å². The highest BCUT2D eigenvalue weighted by molar-refractivity contribution is 8.13. The van der Waals surface area contributed by atoms with Gasteiger partial charge >= 0.3 is 0 Å². The molecular formula is C9H14N4O2S. The summed E-state index contributed by atoms with van der Waals surface area (Å²) in [4.78, 5) is 20.9. The predicted molar refractivity (Wildman–Crippen MR) is 62.7 cm³/mol. The number of nitrogens with zero attached hydrogens (tertiary/aromatic N) is 3. The first-order valence-corrected chi connectivity index (χ1v) is 5.34. The number of nitrogens with two attached hydrogens (primary N) is 1. The van der Waals surface area contributed by atoms with Crippen molar-refractivity contribution in [1.82, 2.24) is 14.9 Å². The third-order valence-electron chi connectivity index (χ3n) is 1.82. The average Bonchev–Trinajstić information content (AvgIpc) is 2.22. The SMILES string of the molecule is COc1nc(N)nc(SC(=O)N(C)C)c1C. The van der Waals surface area contributed by atoms with E-state index in [9.17, 15) is 4.79 Å². The van der Waals surface area contributed by atoms with Crippen LogP contribution >= 0.6 is 11.8 Å². The molecule has 2 N–H and O–H groups in total. The molecule has 16 heavy (non-hydrogen) atoms. The Morgan fingerprint density at radius 2 is 2.06 bits per heavy atom. The van der Waals surface area contributed by atoms with Gasteiger partial charge in [-0.15, -0.1) is 0 Å². The van der Waals surface area contributed by atoms with E-state index in [4.69, 9.17) is 10.5 Å². The number of anilines is 1. The van der Waals surface area contributed by atoms with Crippen LogP contribution < -0.4 is 10.5 Å². The Balaban J connectivity index is 3.04. The minimum absolute atomic E-state index is 0.0940. The zero-order chi connectivity index (χ0) is 12.3. The minimum Gasteiger partial charge on any atom is -0.481 e. The summed E-state index contributed by atoms with van der Waals surface area (Å²) in [5.74, 6) is 0.484. The van der Waals surface area contributed by atoms with E-state index < -0.39 is 0 Å². The molecule has 7 heteroatoms. The molecule has 1 amide bonds. The van der Waals surface area contributed by atoms with Gasteiger partial charge in [-0.1, -0.05) is 0 Å². The quantitative estimate of drug-likeness (QED) is 0.619. The number of rotatable bonds is 2. The van der Waals surface area contributed by atoms with Crippen LogP contribution in [0.15, 0.2) is 5.03 Å². The Labute approximate surface area is 98.2 Å². The van der Waals surface area contributed by atoms with Gasteiger partial charge in [0.2, 0.25) is 11.8 Å². The molecule has 0 aliphatic rings. The van der Waals surface area contributed by atoms with Crippen molar-refractivity contribution in [3.05, 3.63) is 5.56 Å². The number of nitrogen functional groups attached to an aromatic ring is 1. The number of carbonyl (C=O) groups excluding carboxylic acids is 1. The molecule has 0 spiro atoms. The van der Waals surface area contributed by atoms with Gasteiger partial charge < -0.3 is 15.4 Å². The predicted octanol–water partition coefficient (Wildman–Crippen LogP) is 1.15. The van der Waals surface area contributed by atoms with Crippen LogP contribution in [0, 0.1) is 6.92 Å². The van der Waals surface area contributed by atoms with E-state index in [2.05, 4.69) is 9.97 Å². The van der Waals surface area contributed by atoms with Crippen molar-refractivity contribution in [3.63, 3.8) is 0 Å². The lowest BCUT2D eigenvalue weighted by molar-refractivity contribution is 0.241. The lowest BCUT2D eigenvalue weighted by atomic mass is 10.4. The molecule has 0 aliphatic heterocycles. The first-order chi connectivity index (χ1) is 7.45. The van der Waals surface area contributed by atoms with Gasteiger partial charge in [-0.3, -0.25) is 4.79 Å². The molecule has 0 fully saturated rings. The molecule has 0 aromatic carbocycles. The number of amides is 1. The molecule has 1 aromatic heterocycles. The zero-order valence-corrected chi connectivity index (χ0v) is 10.5. The van der Waals surface area contributed by atoms with Crippen LogP contribution in [0.3, 0.4) is 0 Å². The third kappa shape index (κ3) is 2.75. The fourth-order valence-electron chi connectivity index (χ4n) is 0.964. The maximum absolute atomic E-state index is 11.5. The van der Waals surface area contributed by atoms with Gasteiger partial charge in [-0.25, -0.2) is 4.98 Å². The first-order valence-electron chi connectivity index (χ1n) is 4.53. The summed E-state index contributed by atoms with van der Waals surface area (Å²) in [5.41, 5.74) is 6.22. The van der Waals surface area contributed by atoms with Crippen LogP contribution in [0.25, 0.3) is 0 Å². The van der Waals surface area contributed by atoms with Gasteiger partial charge in [0.15, 0.2) is 0 Å². The highest BCUT2D eigenvalue weighted by Crippen LogP contribution is 2.28. The van der Waals surface area contributed by atoms with Gasteiger partial charge in [0.1, 0.15) is 5.03 Å². The Hall–Kier alpha value is -1.50. The number of hydrogen-bond donors (Lipinski definition) is 1. The summed E-state index contributed by atoms with van der Waals surface area (Å²) < 4.78 is 5.04. The molecule has 0 aliphatic carbocycles. The zero-order valence-electron chi connectivity index (χ0n) is 9.64. The summed E-state index contributed by atoms with van der Waals surface area (Å²) >= 11 is 0.998. The number of hydrogen-bond acceptors (Lipinski definition) is 6. The van der Waals surface area contributed by atoms with Gasteiger partial charge in [0, 0.05) is 19.7 Å². The minimum atomic E-state index is -0.122. The van der Waals surface area contributed by atoms with Crippen LogP contribution in [0.2, 0.25) is 0 Å². The maximum atomic E-state index is 11.5. The van der Waals surface area contributed by atoms with Crippen molar-refractivity contribution in [2.45, 2.75) is 11.9 Å². The summed E-state index contributed by atoms with van der Waals surface area (Å²) in [7, 11) is 4.84. The molecule has 0 unspecified atom stereocenters. The van der Waals surface area contributed by atoms with E-state index in [-0.39, 0.29) is 11.2 Å². The smallest absolute Gasteiger partial charge is 0.287 e. The summed E-state index contributed by atoms with van der Waals surface area (Å²) in [6.45, 7) is 1.78. The van der Waals surface area contributed by atoms with Crippen molar-refractivity contribution >= 4 is 22.9 Å². The van der Waals surface area contributed by atoms with Crippen LogP contribution in [0.1, 0.15) is 5.56 Å². The van der Waals surface area contributed by atoms with E-state index in [1.807, 2.05) is 0 Å². The van der Waals surface area contributed by atoms with Gasteiger partial charge in [-0.2, -0.15) is 4.98 Å². The first kappa shape index (κ1) is 12.6. The number of ether oxygens (including phenoxy) is 1. The highest BCUT2D eigenvalue weighted by atomic mass is 32.2. The third-order valence-corrected chi connectivity index (χ3v) is 2.95. The number of methoxy groups -OCH3 is 1. The van der Waals surface area contributed by atoms with Crippen LogP contribution in [-0.2, 0) is 0 Å².